The summed E-state index contributed by atoms with van der Waals surface area (Å²) in [5.41, 5.74) is 5.20. The number of anilines is 1. The van der Waals surface area contributed by atoms with E-state index in [1.54, 1.807) is 0 Å². The number of nitrogen functional groups attached to an aromatic ring is 1. The van der Waals surface area contributed by atoms with Gasteiger partial charge in [0, 0.05) is 12.5 Å². The first kappa shape index (κ1) is 10.1. The van der Waals surface area contributed by atoms with E-state index in [0.717, 1.165) is 6.07 Å². The predicted octanol–water partition coefficient (Wildman–Crippen LogP) is 1.32. The summed E-state index contributed by atoms with van der Waals surface area (Å²) in [7, 11) is -3.85. The number of hydrogen-bond acceptors (Lipinski definition) is 2. The molecule has 74 valence electrons. The quantitative estimate of drug-likeness (QED) is 0.680. The molecule has 0 saturated carbocycles. The fourth-order valence-corrected chi connectivity index (χ4v) is 1.77. The maximum atomic E-state index is 12.9. The van der Waals surface area contributed by atoms with Crippen LogP contribution in [0.5, 0.6) is 0 Å². The fourth-order valence-electron chi connectivity index (χ4n) is 0.870. The second-order valence-electron chi connectivity index (χ2n) is 3.45. The van der Waals surface area contributed by atoms with Gasteiger partial charge in [-0.15, -0.1) is 0 Å². The van der Waals surface area contributed by atoms with Crippen LogP contribution in [0, 0.1) is 5.82 Å². The second-order valence-corrected chi connectivity index (χ2v) is 7.45. The van der Waals surface area contributed by atoms with Crippen molar-refractivity contribution in [1.82, 2.24) is 0 Å². The van der Waals surface area contributed by atoms with E-state index in [4.69, 9.17) is 5.73 Å². The normalized spacial score (nSPS) is 14.9. The molecule has 0 aromatic heterocycles. The van der Waals surface area contributed by atoms with Crippen molar-refractivity contribution < 1.29 is 13.2 Å². The van der Waals surface area contributed by atoms with E-state index >= 15 is 0 Å². The van der Waals surface area contributed by atoms with E-state index in [2.05, 4.69) is 0 Å². The maximum Gasteiger partial charge on any atom is 0.147 e. The number of benzene rings is 1. The van der Waals surface area contributed by atoms with Crippen LogP contribution in [0.4, 0.5) is 10.1 Å². The number of halogens is 1. The summed E-state index contributed by atoms with van der Waals surface area (Å²) in [6, 6.07) is 3.62. The molecule has 0 atom stereocenters. The van der Waals surface area contributed by atoms with Gasteiger partial charge in [0.1, 0.15) is 5.82 Å². The Bertz CT molecular complexity index is 400. The summed E-state index contributed by atoms with van der Waals surface area (Å²) >= 11 is 0. The molecule has 1 aromatic rings. The molecule has 3 nitrogen and oxygen atoms in total. The zero-order chi connectivity index (χ0) is 10.3. The van der Waals surface area contributed by atoms with Crippen molar-refractivity contribution in [1.29, 1.82) is 0 Å². The molecule has 0 heterocycles. The molecular formula is C8H12FNO2S. The van der Waals surface area contributed by atoms with E-state index in [1.807, 2.05) is 0 Å². The Morgan fingerprint density at radius 1 is 1.46 bits per heavy atom. The lowest BCUT2D eigenvalue weighted by atomic mass is 10.3. The van der Waals surface area contributed by atoms with Crippen molar-refractivity contribution in [2.24, 2.45) is 0 Å². The predicted molar refractivity (Wildman–Crippen MR) is 51.7 cm³/mol. The first-order chi connectivity index (χ1) is 5.67. The summed E-state index contributed by atoms with van der Waals surface area (Å²) in [5, 5.41) is 0. The highest BCUT2D eigenvalue weighted by Crippen LogP contribution is 2.27. The third-order valence-corrected chi connectivity index (χ3v) is 3.24. The van der Waals surface area contributed by atoms with Gasteiger partial charge in [-0.2, -0.15) is 9.35 Å². The standard InChI is InChI=1S/C8H12FNO2S/c1-13(2,11,12)6-3-4-8(10)7(9)5-6/h3-5H,10H2,1-2H3,(H,11,12). The van der Waals surface area contributed by atoms with Crippen molar-refractivity contribution >= 4 is 15.0 Å². The van der Waals surface area contributed by atoms with Gasteiger partial charge in [0.2, 0.25) is 0 Å². The summed E-state index contributed by atoms with van der Waals surface area (Å²) in [6.45, 7) is 0. The van der Waals surface area contributed by atoms with Gasteiger partial charge in [-0.25, -0.2) is 8.60 Å². The molecule has 0 aliphatic rings. The van der Waals surface area contributed by atoms with Gasteiger partial charge in [-0.3, -0.25) is 4.55 Å². The average molecular weight is 205 g/mol. The van der Waals surface area contributed by atoms with Crippen molar-refractivity contribution in [2.45, 2.75) is 4.90 Å². The number of nitrogens with two attached hydrogens (primary N) is 1. The van der Waals surface area contributed by atoms with Gasteiger partial charge in [-0.05, 0) is 18.2 Å². The van der Waals surface area contributed by atoms with Crippen LogP contribution >= 0.6 is 0 Å². The number of rotatable bonds is 1. The minimum atomic E-state index is -3.85. The average Bonchev–Trinajstić information content (AvgIpc) is 1.91. The van der Waals surface area contributed by atoms with E-state index in [0.29, 0.717) is 0 Å². The van der Waals surface area contributed by atoms with Crippen LogP contribution in [0.15, 0.2) is 23.1 Å². The number of hydrogen-bond donors (Lipinski definition) is 2. The lowest BCUT2D eigenvalue weighted by Crippen LogP contribution is -2.28. The van der Waals surface area contributed by atoms with Gasteiger partial charge in [-0.1, -0.05) is 0 Å². The molecule has 0 saturated heterocycles. The van der Waals surface area contributed by atoms with Crippen molar-refractivity contribution in [3.63, 3.8) is 0 Å². The Kier molecular flexibility index (Phi) is 1.97. The van der Waals surface area contributed by atoms with Gasteiger partial charge >= 0.3 is 0 Å². The van der Waals surface area contributed by atoms with Crippen LogP contribution < -0.4 is 5.73 Å². The van der Waals surface area contributed by atoms with Gasteiger partial charge in [0.05, 0.1) is 10.6 Å². The van der Waals surface area contributed by atoms with Crippen LogP contribution in [0.1, 0.15) is 0 Å². The molecule has 1 rings (SSSR count). The van der Waals surface area contributed by atoms with Crippen LogP contribution in [0.2, 0.25) is 0 Å². The molecule has 0 amide bonds. The molecule has 0 aliphatic carbocycles. The summed E-state index contributed by atoms with van der Waals surface area (Å²) in [5.74, 6) is -0.672. The van der Waals surface area contributed by atoms with Gasteiger partial charge in [0.15, 0.2) is 0 Å². The van der Waals surface area contributed by atoms with Crippen LogP contribution in [-0.2, 0) is 9.35 Å². The van der Waals surface area contributed by atoms with Crippen molar-refractivity contribution in [2.75, 3.05) is 18.2 Å². The Labute approximate surface area is 76.0 Å². The smallest absolute Gasteiger partial charge is 0.147 e. The maximum absolute atomic E-state index is 12.9. The summed E-state index contributed by atoms with van der Waals surface area (Å²) in [4.78, 5) is 0.0590. The van der Waals surface area contributed by atoms with Crippen molar-refractivity contribution in [3.05, 3.63) is 24.0 Å². The second kappa shape index (κ2) is 2.52. The third kappa shape index (κ3) is 2.26. The van der Waals surface area contributed by atoms with E-state index in [9.17, 15) is 13.2 Å². The Morgan fingerprint density at radius 2 is 2.00 bits per heavy atom. The minimum Gasteiger partial charge on any atom is -0.396 e. The first-order valence-corrected chi connectivity index (χ1v) is 6.33. The molecule has 0 fully saturated rings. The molecule has 3 N–H and O–H groups in total. The summed E-state index contributed by atoms with van der Waals surface area (Å²) in [6.07, 6.45) is 2.34. The molecule has 13 heavy (non-hydrogen) atoms. The molecule has 0 spiro atoms. The zero-order valence-corrected chi connectivity index (χ0v) is 8.27. The van der Waals surface area contributed by atoms with Crippen LogP contribution in [-0.4, -0.2) is 21.3 Å². The van der Waals surface area contributed by atoms with E-state index in [1.165, 1.54) is 24.6 Å². The highest BCUT2D eigenvalue weighted by atomic mass is 32.3. The SMILES string of the molecule is CS(C)(=O)(O)c1ccc(N)c(F)c1. The van der Waals surface area contributed by atoms with Crippen molar-refractivity contribution in [3.8, 4) is 0 Å². The van der Waals surface area contributed by atoms with Crippen LogP contribution in [0.25, 0.3) is 0 Å². The van der Waals surface area contributed by atoms with E-state index < -0.39 is 15.2 Å². The molecule has 5 heteroatoms. The lowest BCUT2D eigenvalue weighted by molar-refractivity contribution is 0.525. The first-order valence-electron chi connectivity index (χ1n) is 3.59. The monoisotopic (exact) mass is 205 g/mol. The zero-order valence-electron chi connectivity index (χ0n) is 7.45. The highest BCUT2D eigenvalue weighted by molar-refractivity contribution is 8.14. The summed E-state index contributed by atoms with van der Waals surface area (Å²) < 4.78 is 34.0. The molecule has 0 bridgehead atoms. The molecule has 0 radical (unpaired) electrons. The fraction of sp³-hybridized carbons (Fsp3) is 0.250. The Balaban J connectivity index is 3.36. The molecule has 1 aromatic carbocycles. The molecule has 0 aliphatic heterocycles. The van der Waals surface area contributed by atoms with E-state index in [-0.39, 0.29) is 10.6 Å². The Morgan fingerprint density at radius 3 is 2.38 bits per heavy atom. The largest absolute Gasteiger partial charge is 0.396 e. The molecular weight excluding hydrogens is 193 g/mol. The topological polar surface area (TPSA) is 63.3 Å². The Hall–Kier alpha value is -0.940. The molecule has 0 unspecified atom stereocenters. The van der Waals surface area contributed by atoms with Gasteiger partial charge in [0.25, 0.3) is 0 Å². The third-order valence-electron chi connectivity index (χ3n) is 1.64. The van der Waals surface area contributed by atoms with Crippen LogP contribution in [0.3, 0.4) is 0 Å². The van der Waals surface area contributed by atoms with Gasteiger partial charge < -0.3 is 5.73 Å². The minimum absolute atomic E-state index is 0.0275. The lowest BCUT2D eigenvalue weighted by Gasteiger charge is -2.33. The highest BCUT2D eigenvalue weighted by Gasteiger charge is 2.18.